The van der Waals surface area contributed by atoms with Gasteiger partial charge in [-0.05, 0) is 43.4 Å². The predicted octanol–water partition coefficient (Wildman–Crippen LogP) is 3.74. The van der Waals surface area contributed by atoms with Gasteiger partial charge in [-0.1, -0.05) is 35.2 Å². The van der Waals surface area contributed by atoms with Crippen molar-refractivity contribution in [2.24, 2.45) is 17.8 Å². The highest BCUT2D eigenvalue weighted by Crippen LogP contribution is 2.60. The lowest BCUT2D eigenvalue weighted by atomic mass is 9.55. The first kappa shape index (κ1) is 7.84. The van der Waals surface area contributed by atoms with Crippen molar-refractivity contribution in [3.8, 4) is 0 Å². The van der Waals surface area contributed by atoms with Gasteiger partial charge in [0.25, 0.3) is 0 Å². The van der Waals surface area contributed by atoms with Crippen LogP contribution >= 0.6 is 15.9 Å². The second-order valence-corrected chi connectivity index (χ2v) is 6.76. The molecule has 0 unspecified atom stereocenters. The molecule has 0 aliphatic heterocycles. The molecule has 12 heavy (non-hydrogen) atoms. The minimum Gasteiger partial charge on any atom is -0.0850 e. The van der Waals surface area contributed by atoms with E-state index in [2.05, 4.69) is 15.9 Å². The highest BCUT2D eigenvalue weighted by Gasteiger charge is 2.51. The minimum atomic E-state index is 0.608. The van der Waals surface area contributed by atoms with E-state index in [1.165, 1.54) is 38.5 Å². The van der Waals surface area contributed by atoms with Gasteiger partial charge in [0.2, 0.25) is 0 Å². The quantitative estimate of drug-likeness (QED) is 0.555. The lowest BCUT2D eigenvalue weighted by Crippen LogP contribution is -2.50. The molecule has 4 aliphatic rings. The molecule has 0 spiro atoms. The fourth-order valence-electron chi connectivity index (χ4n) is 4.12. The van der Waals surface area contributed by atoms with Crippen molar-refractivity contribution in [2.45, 2.75) is 49.3 Å². The van der Waals surface area contributed by atoms with Crippen LogP contribution in [0.4, 0.5) is 0 Å². The zero-order valence-electron chi connectivity index (χ0n) is 7.56. The van der Waals surface area contributed by atoms with Gasteiger partial charge in [-0.25, -0.2) is 0 Å². The number of hydrogen-bond acceptors (Lipinski definition) is 0. The van der Waals surface area contributed by atoms with E-state index < -0.39 is 0 Å². The summed E-state index contributed by atoms with van der Waals surface area (Å²) in [4.78, 5) is 0. The molecular weight excluding hydrogens is 212 g/mol. The number of hydrogen-bond donors (Lipinski definition) is 0. The number of alkyl halides is 1. The average molecular weight is 229 g/mol. The van der Waals surface area contributed by atoms with Gasteiger partial charge in [-0.15, -0.1) is 0 Å². The molecule has 4 bridgehead atoms. The highest BCUT2D eigenvalue weighted by atomic mass is 79.9. The number of rotatable bonds is 0. The molecule has 0 amide bonds. The largest absolute Gasteiger partial charge is 0.0850 e. The number of fused-ring (bicyclic) bond motifs is 1. The molecule has 4 fully saturated rings. The Balaban J connectivity index is 1.94. The minimum absolute atomic E-state index is 0.608. The van der Waals surface area contributed by atoms with Crippen LogP contribution in [0.5, 0.6) is 0 Å². The van der Waals surface area contributed by atoms with E-state index in [1.54, 1.807) is 6.42 Å². The van der Waals surface area contributed by atoms with E-state index in [9.17, 15) is 0 Å². The second-order valence-electron chi connectivity index (χ2n) is 5.18. The van der Waals surface area contributed by atoms with E-state index in [0.717, 1.165) is 17.8 Å². The van der Waals surface area contributed by atoms with Crippen LogP contribution in [0.15, 0.2) is 0 Å². The lowest BCUT2D eigenvalue weighted by Gasteiger charge is -2.56. The van der Waals surface area contributed by atoms with Crippen LogP contribution in [0.25, 0.3) is 0 Å². The summed E-state index contributed by atoms with van der Waals surface area (Å²) < 4.78 is 0.608. The summed E-state index contributed by atoms with van der Waals surface area (Å²) in [6.45, 7) is 0. The predicted molar refractivity (Wildman–Crippen MR) is 54.4 cm³/mol. The Bertz CT molecular complexity index is 201. The maximum Gasteiger partial charge on any atom is 0.0291 e. The monoisotopic (exact) mass is 228 g/mol. The molecule has 0 N–H and O–H groups in total. The molecule has 68 valence electrons. The van der Waals surface area contributed by atoms with Crippen molar-refractivity contribution in [3.05, 3.63) is 0 Å². The Labute approximate surface area is 83.2 Å². The van der Waals surface area contributed by atoms with Crippen LogP contribution in [0.3, 0.4) is 0 Å². The Hall–Kier alpha value is 0.480. The second kappa shape index (κ2) is 2.50. The summed E-state index contributed by atoms with van der Waals surface area (Å²) in [6.07, 6.45) is 10.6. The first-order valence-electron chi connectivity index (χ1n) is 5.47. The molecule has 4 aliphatic carbocycles. The summed E-state index contributed by atoms with van der Waals surface area (Å²) in [6, 6.07) is 0. The van der Waals surface area contributed by atoms with E-state index in [1.807, 2.05) is 0 Å². The molecule has 0 aromatic rings. The highest BCUT2D eigenvalue weighted by molar-refractivity contribution is 9.10. The first-order chi connectivity index (χ1) is 5.78. The molecule has 4 saturated carbocycles. The third-order valence-corrected chi connectivity index (χ3v) is 5.86. The van der Waals surface area contributed by atoms with E-state index in [-0.39, 0.29) is 0 Å². The van der Waals surface area contributed by atoms with Crippen molar-refractivity contribution < 1.29 is 0 Å². The first-order valence-corrected chi connectivity index (χ1v) is 6.26. The van der Waals surface area contributed by atoms with Gasteiger partial charge in [0.1, 0.15) is 0 Å². The maximum atomic E-state index is 4.04. The van der Waals surface area contributed by atoms with Crippen LogP contribution in [-0.2, 0) is 0 Å². The van der Waals surface area contributed by atoms with Crippen LogP contribution in [-0.4, -0.2) is 4.32 Å². The molecule has 0 heterocycles. The standard InChI is InChI=1S/C11H17Br/c12-11-5-1-2-9-6-8(7-11)3-4-10(9)11/h8-10H,1-7H2/t8-,9-,10+,11-/m1/s1. The molecule has 0 radical (unpaired) electrons. The third-order valence-electron chi connectivity index (χ3n) is 4.55. The topological polar surface area (TPSA) is 0 Å². The summed E-state index contributed by atoms with van der Waals surface area (Å²) >= 11 is 4.04. The van der Waals surface area contributed by atoms with E-state index >= 15 is 0 Å². The van der Waals surface area contributed by atoms with Gasteiger partial charge in [-0.2, -0.15) is 0 Å². The smallest absolute Gasteiger partial charge is 0.0291 e. The van der Waals surface area contributed by atoms with Crippen LogP contribution < -0.4 is 0 Å². The summed E-state index contributed by atoms with van der Waals surface area (Å²) in [5.41, 5.74) is 0. The lowest BCUT2D eigenvalue weighted by molar-refractivity contribution is 0.0243. The summed E-state index contributed by atoms with van der Waals surface area (Å²) in [5, 5.41) is 0. The molecule has 1 heteroatoms. The molecule has 0 nitrogen and oxygen atoms in total. The van der Waals surface area contributed by atoms with E-state index in [4.69, 9.17) is 0 Å². The van der Waals surface area contributed by atoms with Crippen molar-refractivity contribution in [1.29, 1.82) is 0 Å². The molecule has 0 aromatic carbocycles. The van der Waals surface area contributed by atoms with Crippen LogP contribution in [0.2, 0.25) is 0 Å². The SMILES string of the molecule is Br[C@@]12CCC[C@@H]3C[C@@H](CC[C@@H]31)C2. The van der Waals surface area contributed by atoms with Gasteiger partial charge in [-0.3, -0.25) is 0 Å². The maximum absolute atomic E-state index is 4.04. The summed E-state index contributed by atoms with van der Waals surface area (Å²) in [5.74, 6) is 3.24. The van der Waals surface area contributed by atoms with Gasteiger partial charge in [0, 0.05) is 4.32 Å². The molecule has 0 saturated heterocycles. The Morgan fingerprint density at radius 2 is 2.08 bits per heavy atom. The van der Waals surface area contributed by atoms with Crippen molar-refractivity contribution in [1.82, 2.24) is 0 Å². The Morgan fingerprint density at radius 1 is 1.17 bits per heavy atom. The van der Waals surface area contributed by atoms with Crippen molar-refractivity contribution in [2.75, 3.05) is 0 Å². The molecule has 0 aromatic heterocycles. The molecule has 4 rings (SSSR count). The van der Waals surface area contributed by atoms with Crippen molar-refractivity contribution >= 4 is 15.9 Å². The molecular formula is C11H17Br. The molecule has 4 atom stereocenters. The zero-order valence-corrected chi connectivity index (χ0v) is 9.15. The third kappa shape index (κ3) is 0.950. The fourth-order valence-corrected chi connectivity index (χ4v) is 5.46. The van der Waals surface area contributed by atoms with Gasteiger partial charge >= 0.3 is 0 Å². The van der Waals surface area contributed by atoms with E-state index in [0.29, 0.717) is 4.32 Å². The normalized spacial score (nSPS) is 57.2. The van der Waals surface area contributed by atoms with Gasteiger partial charge in [0.05, 0.1) is 0 Å². The van der Waals surface area contributed by atoms with Gasteiger partial charge < -0.3 is 0 Å². The fraction of sp³-hybridized carbons (Fsp3) is 1.00. The van der Waals surface area contributed by atoms with Crippen LogP contribution in [0.1, 0.15) is 44.9 Å². The Kier molecular flexibility index (Phi) is 1.63. The van der Waals surface area contributed by atoms with Gasteiger partial charge in [0.15, 0.2) is 0 Å². The van der Waals surface area contributed by atoms with Crippen molar-refractivity contribution in [3.63, 3.8) is 0 Å². The summed E-state index contributed by atoms with van der Waals surface area (Å²) in [7, 11) is 0. The number of halogens is 1. The zero-order chi connectivity index (χ0) is 8.18. The van der Waals surface area contributed by atoms with Crippen LogP contribution in [0, 0.1) is 17.8 Å². The average Bonchev–Trinajstić information content (AvgIpc) is 2.03. The Morgan fingerprint density at radius 3 is 2.75 bits per heavy atom.